The van der Waals surface area contributed by atoms with Crippen molar-refractivity contribution < 1.29 is 9.59 Å². The van der Waals surface area contributed by atoms with Crippen LogP contribution >= 0.6 is 0 Å². The van der Waals surface area contributed by atoms with Crippen molar-refractivity contribution in [2.75, 3.05) is 13.1 Å². The summed E-state index contributed by atoms with van der Waals surface area (Å²) in [5.41, 5.74) is 0.957. The first-order valence-corrected chi connectivity index (χ1v) is 7.83. The van der Waals surface area contributed by atoms with E-state index in [1.54, 1.807) is 9.58 Å². The van der Waals surface area contributed by atoms with E-state index in [1.807, 2.05) is 40.2 Å². The first-order valence-electron chi connectivity index (χ1n) is 7.83. The SMILES string of the molecule is Cn1cc(CCCNC(=O)[C@@H]2CC(=O)N(C(C)(C)C)C2)cn1. The number of likely N-dealkylation sites (tertiary alicyclic amines) is 1. The number of rotatable bonds is 5. The van der Waals surface area contributed by atoms with Crippen LogP contribution in [0.1, 0.15) is 39.2 Å². The van der Waals surface area contributed by atoms with Crippen LogP contribution in [0, 0.1) is 5.92 Å². The van der Waals surface area contributed by atoms with Crippen molar-refractivity contribution in [2.24, 2.45) is 13.0 Å². The zero-order chi connectivity index (χ0) is 16.3. The first kappa shape index (κ1) is 16.5. The van der Waals surface area contributed by atoms with Gasteiger partial charge in [-0.05, 0) is 39.2 Å². The molecule has 1 saturated heterocycles. The van der Waals surface area contributed by atoms with Gasteiger partial charge in [-0.25, -0.2) is 0 Å². The molecule has 2 heterocycles. The van der Waals surface area contributed by atoms with Crippen LogP contribution in [0.5, 0.6) is 0 Å². The molecule has 0 saturated carbocycles. The molecule has 2 rings (SSSR count). The zero-order valence-corrected chi connectivity index (χ0v) is 13.9. The van der Waals surface area contributed by atoms with E-state index in [-0.39, 0.29) is 23.3 Å². The summed E-state index contributed by atoms with van der Waals surface area (Å²) in [6, 6.07) is 0. The van der Waals surface area contributed by atoms with Gasteiger partial charge in [0.15, 0.2) is 0 Å². The molecule has 1 aromatic heterocycles. The number of nitrogens with one attached hydrogen (secondary N) is 1. The molecule has 6 heteroatoms. The number of carbonyl (C=O) groups excluding carboxylic acids is 2. The predicted octanol–water partition coefficient (Wildman–Crippen LogP) is 1.12. The van der Waals surface area contributed by atoms with Crippen LogP contribution in [0.3, 0.4) is 0 Å². The topological polar surface area (TPSA) is 67.2 Å². The highest BCUT2D eigenvalue weighted by molar-refractivity contribution is 5.89. The number of nitrogens with zero attached hydrogens (tertiary/aromatic N) is 3. The Labute approximate surface area is 131 Å². The van der Waals surface area contributed by atoms with Gasteiger partial charge in [0, 0.05) is 38.3 Å². The normalized spacial score (nSPS) is 18.8. The molecule has 0 aliphatic carbocycles. The van der Waals surface area contributed by atoms with Gasteiger partial charge in [0.2, 0.25) is 11.8 Å². The molecule has 0 bridgehead atoms. The standard InChI is InChI=1S/C16H26N4O2/c1-16(2,3)20-11-13(8-14(20)21)15(22)17-7-5-6-12-9-18-19(4)10-12/h9-10,13H,5-8,11H2,1-4H3,(H,17,22)/t13-/m1/s1. The highest BCUT2D eigenvalue weighted by atomic mass is 16.2. The Morgan fingerprint density at radius 1 is 1.45 bits per heavy atom. The summed E-state index contributed by atoms with van der Waals surface area (Å²) < 4.78 is 1.78. The van der Waals surface area contributed by atoms with E-state index in [4.69, 9.17) is 0 Å². The summed E-state index contributed by atoms with van der Waals surface area (Å²) in [7, 11) is 1.89. The highest BCUT2D eigenvalue weighted by Gasteiger charge is 2.39. The van der Waals surface area contributed by atoms with Gasteiger partial charge in [-0.2, -0.15) is 5.10 Å². The van der Waals surface area contributed by atoms with Crippen LogP contribution in [0.4, 0.5) is 0 Å². The molecule has 1 fully saturated rings. The molecule has 2 amide bonds. The number of aromatic nitrogens is 2. The maximum absolute atomic E-state index is 12.2. The molecule has 0 aromatic carbocycles. The van der Waals surface area contributed by atoms with E-state index in [1.165, 1.54) is 5.56 Å². The molecule has 1 aliphatic rings. The summed E-state index contributed by atoms with van der Waals surface area (Å²) in [6.45, 7) is 7.15. The largest absolute Gasteiger partial charge is 0.356 e. The van der Waals surface area contributed by atoms with E-state index in [9.17, 15) is 9.59 Å². The summed E-state index contributed by atoms with van der Waals surface area (Å²) in [6.07, 6.45) is 5.93. The van der Waals surface area contributed by atoms with Gasteiger partial charge in [-0.3, -0.25) is 14.3 Å². The predicted molar refractivity (Wildman–Crippen MR) is 84.1 cm³/mol. The van der Waals surface area contributed by atoms with Crippen molar-refractivity contribution in [3.63, 3.8) is 0 Å². The Morgan fingerprint density at radius 3 is 2.73 bits per heavy atom. The molecule has 1 aromatic rings. The third-order valence-electron chi connectivity index (χ3n) is 4.01. The minimum Gasteiger partial charge on any atom is -0.356 e. The Morgan fingerprint density at radius 2 is 2.18 bits per heavy atom. The molecule has 22 heavy (non-hydrogen) atoms. The summed E-state index contributed by atoms with van der Waals surface area (Å²) >= 11 is 0. The van der Waals surface area contributed by atoms with Crippen LogP contribution in [-0.2, 0) is 23.1 Å². The Hall–Kier alpha value is -1.85. The van der Waals surface area contributed by atoms with Crippen molar-refractivity contribution in [1.29, 1.82) is 0 Å². The van der Waals surface area contributed by atoms with Crippen molar-refractivity contribution in [3.05, 3.63) is 18.0 Å². The third-order valence-corrected chi connectivity index (χ3v) is 4.01. The zero-order valence-electron chi connectivity index (χ0n) is 13.9. The van der Waals surface area contributed by atoms with Gasteiger partial charge >= 0.3 is 0 Å². The van der Waals surface area contributed by atoms with Crippen LogP contribution in [-0.4, -0.2) is 45.1 Å². The van der Waals surface area contributed by atoms with Crippen molar-refractivity contribution in [2.45, 2.75) is 45.6 Å². The molecule has 1 aliphatic heterocycles. The van der Waals surface area contributed by atoms with Gasteiger partial charge in [0.05, 0.1) is 12.1 Å². The van der Waals surface area contributed by atoms with Crippen molar-refractivity contribution in [3.8, 4) is 0 Å². The summed E-state index contributed by atoms with van der Waals surface area (Å²) in [4.78, 5) is 26.0. The number of amides is 2. The van der Waals surface area contributed by atoms with Gasteiger partial charge in [-0.1, -0.05) is 0 Å². The molecule has 1 atom stereocenters. The highest BCUT2D eigenvalue weighted by Crippen LogP contribution is 2.25. The molecular formula is C16H26N4O2. The maximum Gasteiger partial charge on any atom is 0.225 e. The molecule has 0 spiro atoms. The lowest BCUT2D eigenvalue weighted by Gasteiger charge is -2.31. The lowest BCUT2D eigenvalue weighted by atomic mass is 10.1. The van der Waals surface area contributed by atoms with E-state index < -0.39 is 0 Å². The van der Waals surface area contributed by atoms with E-state index in [0.717, 1.165) is 12.8 Å². The lowest BCUT2D eigenvalue weighted by molar-refractivity contribution is -0.132. The average Bonchev–Trinajstić information content (AvgIpc) is 3.00. The quantitative estimate of drug-likeness (QED) is 0.829. The van der Waals surface area contributed by atoms with E-state index >= 15 is 0 Å². The molecular weight excluding hydrogens is 280 g/mol. The van der Waals surface area contributed by atoms with Gasteiger partial charge < -0.3 is 10.2 Å². The van der Waals surface area contributed by atoms with Crippen LogP contribution < -0.4 is 5.32 Å². The van der Waals surface area contributed by atoms with Gasteiger partial charge in [-0.15, -0.1) is 0 Å². The number of aryl methyl sites for hydroxylation is 2. The second kappa shape index (κ2) is 6.50. The third kappa shape index (κ3) is 4.08. The summed E-state index contributed by atoms with van der Waals surface area (Å²) in [5, 5.41) is 7.07. The van der Waals surface area contributed by atoms with Crippen molar-refractivity contribution >= 4 is 11.8 Å². The Balaban J connectivity index is 1.73. The maximum atomic E-state index is 12.2. The fourth-order valence-corrected chi connectivity index (χ4v) is 2.78. The minimum absolute atomic E-state index is 0.00807. The van der Waals surface area contributed by atoms with E-state index in [0.29, 0.717) is 19.5 Å². The first-order chi connectivity index (χ1) is 10.3. The second-order valence-corrected chi connectivity index (χ2v) is 6.99. The molecule has 0 radical (unpaired) electrons. The van der Waals surface area contributed by atoms with Gasteiger partial charge in [0.1, 0.15) is 0 Å². The Kier molecular flexibility index (Phi) is 4.88. The molecule has 0 unspecified atom stereocenters. The van der Waals surface area contributed by atoms with Gasteiger partial charge in [0.25, 0.3) is 0 Å². The number of hydrogen-bond donors (Lipinski definition) is 1. The number of carbonyl (C=O) groups is 2. The minimum atomic E-state index is -0.217. The van der Waals surface area contributed by atoms with E-state index in [2.05, 4.69) is 10.4 Å². The number of hydrogen-bond acceptors (Lipinski definition) is 3. The van der Waals surface area contributed by atoms with Crippen molar-refractivity contribution in [1.82, 2.24) is 20.0 Å². The smallest absolute Gasteiger partial charge is 0.225 e. The monoisotopic (exact) mass is 306 g/mol. The Bertz CT molecular complexity index is 545. The summed E-state index contributed by atoms with van der Waals surface area (Å²) in [5.74, 6) is -0.153. The second-order valence-electron chi connectivity index (χ2n) is 6.99. The van der Waals surface area contributed by atoms with Crippen LogP contribution in [0.15, 0.2) is 12.4 Å². The molecule has 1 N–H and O–H groups in total. The van der Waals surface area contributed by atoms with Crippen LogP contribution in [0.2, 0.25) is 0 Å². The van der Waals surface area contributed by atoms with Crippen LogP contribution in [0.25, 0.3) is 0 Å². The average molecular weight is 306 g/mol. The fourth-order valence-electron chi connectivity index (χ4n) is 2.78. The lowest BCUT2D eigenvalue weighted by Crippen LogP contribution is -2.43. The molecule has 122 valence electrons. The molecule has 6 nitrogen and oxygen atoms in total. The fraction of sp³-hybridized carbons (Fsp3) is 0.688.